The van der Waals surface area contributed by atoms with Crippen LogP contribution in [0.1, 0.15) is 31.4 Å². The highest BCUT2D eigenvalue weighted by molar-refractivity contribution is 8.26. The molecular formula is C19H22N2O3S2. The predicted molar refractivity (Wildman–Crippen MR) is 109 cm³/mol. The van der Waals surface area contributed by atoms with E-state index in [1.807, 2.05) is 12.1 Å². The van der Waals surface area contributed by atoms with Gasteiger partial charge in [0.2, 0.25) is 0 Å². The number of hydrogen-bond acceptors (Lipinski definition) is 5. The predicted octanol–water partition coefficient (Wildman–Crippen LogP) is 3.38. The number of rotatable bonds is 4. The Hall–Kier alpha value is -1.86. The van der Waals surface area contributed by atoms with Crippen LogP contribution in [-0.2, 0) is 16.0 Å². The van der Waals surface area contributed by atoms with Crippen molar-refractivity contribution in [3.8, 4) is 0 Å². The summed E-state index contributed by atoms with van der Waals surface area (Å²) in [5.41, 5.74) is 3.44. The summed E-state index contributed by atoms with van der Waals surface area (Å²) in [7, 11) is 2.08. The van der Waals surface area contributed by atoms with Gasteiger partial charge < -0.3 is 10.0 Å². The maximum Gasteiger partial charge on any atom is 0.327 e. The van der Waals surface area contributed by atoms with Crippen molar-refractivity contribution in [1.29, 1.82) is 0 Å². The molecule has 1 saturated heterocycles. The second-order valence-electron chi connectivity index (χ2n) is 6.99. The maximum absolute atomic E-state index is 12.8. The van der Waals surface area contributed by atoms with Crippen molar-refractivity contribution in [2.75, 3.05) is 18.5 Å². The van der Waals surface area contributed by atoms with Crippen LogP contribution >= 0.6 is 24.0 Å². The largest absolute Gasteiger partial charge is 0.480 e. The number of anilines is 1. The van der Waals surface area contributed by atoms with Crippen molar-refractivity contribution in [3.05, 3.63) is 34.2 Å². The second-order valence-corrected chi connectivity index (χ2v) is 8.67. The highest BCUT2D eigenvalue weighted by Crippen LogP contribution is 2.36. The van der Waals surface area contributed by atoms with Crippen molar-refractivity contribution in [3.63, 3.8) is 0 Å². The lowest BCUT2D eigenvalue weighted by Crippen LogP contribution is -2.47. The van der Waals surface area contributed by atoms with E-state index in [0.717, 1.165) is 24.9 Å². The van der Waals surface area contributed by atoms with Crippen LogP contribution < -0.4 is 4.90 Å². The topological polar surface area (TPSA) is 60.9 Å². The van der Waals surface area contributed by atoms with E-state index in [2.05, 4.69) is 24.1 Å². The van der Waals surface area contributed by atoms with Crippen LogP contribution in [0.15, 0.2) is 23.1 Å². The average Bonchev–Trinajstić information content (AvgIpc) is 2.82. The Bertz CT molecular complexity index is 804. The first kappa shape index (κ1) is 18.9. The zero-order valence-electron chi connectivity index (χ0n) is 15.1. The number of nitrogens with zero attached hydrogens (tertiary/aromatic N) is 2. The van der Waals surface area contributed by atoms with E-state index in [9.17, 15) is 14.7 Å². The van der Waals surface area contributed by atoms with E-state index in [1.54, 1.807) is 13.8 Å². The summed E-state index contributed by atoms with van der Waals surface area (Å²) >= 11 is 6.47. The molecule has 5 nitrogen and oxygen atoms in total. The summed E-state index contributed by atoms with van der Waals surface area (Å²) in [5, 5.41) is 9.49. The number of carbonyl (C=O) groups is 2. The first-order valence-electron chi connectivity index (χ1n) is 8.63. The molecule has 0 radical (unpaired) electrons. The highest BCUT2D eigenvalue weighted by atomic mass is 32.2. The fraction of sp³-hybridized carbons (Fsp3) is 0.421. The van der Waals surface area contributed by atoms with Crippen LogP contribution in [-0.4, -0.2) is 45.8 Å². The van der Waals surface area contributed by atoms with Crippen molar-refractivity contribution in [2.45, 2.75) is 32.7 Å². The van der Waals surface area contributed by atoms with E-state index < -0.39 is 12.0 Å². The molecule has 0 aliphatic carbocycles. The summed E-state index contributed by atoms with van der Waals surface area (Å²) in [4.78, 5) is 28.3. The third-order valence-corrected chi connectivity index (χ3v) is 6.07. The number of carboxylic acids is 1. The van der Waals surface area contributed by atoms with E-state index in [1.165, 1.54) is 27.9 Å². The van der Waals surface area contributed by atoms with E-state index >= 15 is 0 Å². The molecule has 0 unspecified atom stereocenters. The molecule has 7 heteroatoms. The lowest BCUT2D eigenvalue weighted by atomic mass is 9.99. The quantitative estimate of drug-likeness (QED) is 0.628. The molecule has 0 saturated carbocycles. The number of fused-ring (bicyclic) bond motifs is 1. The lowest BCUT2D eigenvalue weighted by molar-refractivity contribution is -0.146. The minimum atomic E-state index is -1.03. The molecule has 0 aromatic heterocycles. The molecule has 1 atom stereocenters. The number of aliphatic carboxylic acids is 1. The van der Waals surface area contributed by atoms with Gasteiger partial charge in [-0.05, 0) is 48.1 Å². The molecule has 2 aliphatic heterocycles. The average molecular weight is 391 g/mol. The third-order valence-electron chi connectivity index (χ3n) is 4.74. The summed E-state index contributed by atoms with van der Waals surface area (Å²) < 4.78 is 0.306. The molecule has 1 amide bonds. The van der Waals surface area contributed by atoms with Gasteiger partial charge in [-0.3, -0.25) is 9.69 Å². The Balaban J connectivity index is 1.90. The summed E-state index contributed by atoms with van der Waals surface area (Å²) in [6.45, 7) is 4.61. The van der Waals surface area contributed by atoms with Crippen molar-refractivity contribution < 1.29 is 14.7 Å². The zero-order chi connectivity index (χ0) is 19.0. The smallest absolute Gasteiger partial charge is 0.327 e. The molecule has 0 spiro atoms. The van der Waals surface area contributed by atoms with E-state index in [0.29, 0.717) is 9.23 Å². The monoisotopic (exact) mass is 390 g/mol. The number of amides is 1. The summed E-state index contributed by atoms with van der Waals surface area (Å²) in [5.74, 6) is -1.58. The van der Waals surface area contributed by atoms with Crippen LogP contribution in [0.2, 0.25) is 0 Å². The standard InChI is InChI=1S/C19H22N2O3S2/c1-11(2)16(18(23)24)21-17(22)15(26-19(21)25)10-12-6-7-14-13(9-12)5-4-8-20(14)3/h6-7,9-11,16H,4-5,8H2,1-3H3,(H,23,24)/b15-10+/t16-/m0/s1. The third kappa shape index (κ3) is 3.50. The van der Waals surface area contributed by atoms with Crippen LogP contribution in [0.25, 0.3) is 6.08 Å². The van der Waals surface area contributed by atoms with Crippen molar-refractivity contribution in [1.82, 2.24) is 4.90 Å². The molecule has 1 N–H and O–H groups in total. The van der Waals surface area contributed by atoms with E-state index in [4.69, 9.17) is 12.2 Å². The van der Waals surface area contributed by atoms with Crippen LogP contribution in [0.5, 0.6) is 0 Å². The molecular weight excluding hydrogens is 368 g/mol. The van der Waals surface area contributed by atoms with Crippen molar-refractivity contribution in [2.24, 2.45) is 5.92 Å². The van der Waals surface area contributed by atoms with E-state index in [-0.39, 0.29) is 11.8 Å². The van der Waals surface area contributed by atoms with Gasteiger partial charge in [0, 0.05) is 19.3 Å². The Labute approximate surface area is 163 Å². The highest BCUT2D eigenvalue weighted by Gasteiger charge is 2.41. The minimum Gasteiger partial charge on any atom is -0.480 e. The van der Waals surface area contributed by atoms with Gasteiger partial charge in [-0.1, -0.05) is 43.9 Å². The summed E-state index contributed by atoms with van der Waals surface area (Å²) in [6.07, 6.45) is 3.95. The maximum atomic E-state index is 12.8. The molecule has 1 aromatic rings. The Kier molecular flexibility index (Phi) is 5.39. The van der Waals surface area contributed by atoms with Gasteiger partial charge in [0.05, 0.1) is 4.91 Å². The van der Waals surface area contributed by atoms with Gasteiger partial charge in [0.15, 0.2) is 0 Å². The number of hydrogen-bond donors (Lipinski definition) is 1. The molecule has 0 bridgehead atoms. The minimum absolute atomic E-state index is 0.228. The number of thioether (sulfide) groups is 1. The number of carbonyl (C=O) groups excluding carboxylic acids is 1. The van der Waals surface area contributed by atoms with Gasteiger partial charge >= 0.3 is 5.97 Å². The Morgan fingerprint density at radius 3 is 2.77 bits per heavy atom. The number of carboxylic acid groups (broad SMARTS) is 1. The summed E-state index contributed by atoms with van der Waals surface area (Å²) in [6, 6.07) is 5.24. The van der Waals surface area contributed by atoms with Crippen LogP contribution in [0.3, 0.4) is 0 Å². The molecule has 3 rings (SSSR count). The number of aryl methyl sites for hydroxylation is 1. The Morgan fingerprint density at radius 1 is 1.38 bits per heavy atom. The van der Waals surface area contributed by atoms with Crippen molar-refractivity contribution >= 4 is 51.9 Å². The molecule has 2 heterocycles. The van der Waals surface area contributed by atoms with Gasteiger partial charge in [-0.2, -0.15) is 0 Å². The number of thiocarbonyl (C=S) groups is 1. The molecule has 1 fully saturated rings. The first-order valence-corrected chi connectivity index (χ1v) is 9.86. The lowest BCUT2D eigenvalue weighted by Gasteiger charge is -2.27. The number of benzene rings is 1. The molecule has 138 valence electrons. The molecule has 1 aromatic carbocycles. The van der Waals surface area contributed by atoms with Crippen LogP contribution in [0.4, 0.5) is 5.69 Å². The van der Waals surface area contributed by atoms with Gasteiger partial charge in [0.1, 0.15) is 10.4 Å². The molecule has 2 aliphatic rings. The second kappa shape index (κ2) is 7.40. The fourth-order valence-corrected chi connectivity index (χ4v) is 4.79. The SMILES string of the molecule is CC(C)[C@@H](C(=O)O)N1C(=O)/C(=C\c2ccc3c(c2)CCCN3C)SC1=S. The first-order chi connectivity index (χ1) is 12.3. The van der Waals surface area contributed by atoms with Gasteiger partial charge in [-0.15, -0.1) is 0 Å². The Morgan fingerprint density at radius 2 is 2.12 bits per heavy atom. The van der Waals surface area contributed by atoms with Gasteiger partial charge in [-0.25, -0.2) is 4.79 Å². The normalized spacial score (nSPS) is 20.1. The molecule has 26 heavy (non-hydrogen) atoms. The van der Waals surface area contributed by atoms with Crippen LogP contribution in [0, 0.1) is 5.92 Å². The van der Waals surface area contributed by atoms with Gasteiger partial charge in [0.25, 0.3) is 5.91 Å². The fourth-order valence-electron chi connectivity index (χ4n) is 3.46. The zero-order valence-corrected chi connectivity index (χ0v) is 16.7.